The molecule has 6 nitrogen and oxygen atoms in total. The first kappa shape index (κ1) is 19.7. The first-order chi connectivity index (χ1) is 14.2. The van der Waals surface area contributed by atoms with Gasteiger partial charge in [0.2, 0.25) is 5.78 Å². The minimum Gasteiger partial charge on any atom is -0.486 e. The molecular weight excluding hydrogens is 368 g/mol. The van der Waals surface area contributed by atoms with E-state index in [1.165, 1.54) is 12.8 Å². The summed E-state index contributed by atoms with van der Waals surface area (Å²) in [6, 6.07) is 5.77. The molecule has 1 saturated heterocycles. The van der Waals surface area contributed by atoms with E-state index in [1.54, 1.807) is 6.08 Å². The lowest BCUT2D eigenvalue weighted by molar-refractivity contribution is -0.136. The van der Waals surface area contributed by atoms with Gasteiger partial charge in [-0.2, -0.15) is 0 Å². The number of ether oxygens (including phenoxy) is 2. The number of nitrogens with zero attached hydrogens (tertiary/aromatic N) is 1. The molecule has 1 unspecified atom stereocenters. The van der Waals surface area contributed by atoms with Gasteiger partial charge in [0, 0.05) is 18.2 Å². The maximum atomic E-state index is 12.7. The number of ketones is 1. The van der Waals surface area contributed by atoms with Crippen LogP contribution >= 0.6 is 0 Å². The van der Waals surface area contributed by atoms with Gasteiger partial charge in [-0.25, -0.2) is 0 Å². The summed E-state index contributed by atoms with van der Waals surface area (Å²) in [6.07, 6.45) is 10.0. The van der Waals surface area contributed by atoms with Crippen molar-refractivity contribution in [1.82, 2.24) is 10.2 Å². The number of fused-ring (bicyclic) bond motifs is 1. The second-order valence-corrected chi connectivity index (χ2v) is 7.85. The molecule has 1 fully saturated rings. The van der Waals surface area contributed by atoms with Gasteiger partial charge in [-0.1, -0.05) is 24.3 Å². The Labute approximate surface area is 171 Å². The minimum absolute atomic E-state index is 0.133. The van der Waals surface area contributed by atoms with Crippen LogP contribution in [0.5, 0.6) is 11.5 Å². The summed E-state index contributed by atoms with van der Waals surface area (Å²) in [6.45, 7) is 3.93. The Hall–Kier alpha value is -2.60. The molecule has 6 heteroatoms. The largest absolute Gasteiger partial charge is 0.486 e. The van der Waals surface area contributed by atoms with Crippen LogP contribution in [-0.2, 0) is 16.0 Å². The second kappa shape index (κ2) is 9.27. The van der Waals surface area contributed by atoms with E-state index in [0.717, 1.165) is 43.1 Å². The number of amides is 1. The molecule has 29 heavy (non-hydrogen) atoms. The molecule has 0 bridgehead atoms. The van der Waals surface area contributed by atoms with E-state index in [-0.39, 0.29) is 6.04 Å². The average molecular weight is 396 g/mol. The van der Waals surface area contributed by atoms with Gasteiger partial charge in [-0.05, 0) is 62.9 Å². The highest BCUT2D eigenvalue weighted by Gasteiger charge is 2.25. The molecule has 1 aliphatic carbocycles. The van der Waals surface area contributed by atoms with Crippen LogP contribution in [0.2, 0.25) is 0 Å². The van der Waals surface area contributed by atoms with Crippen molar-refractivity contribution in [3.05, 3.63) is 47.6 Å². The summed E-state index contributed by atoms with van der Waals surface area (Å²) >= 11 is 0. The van der Waals surface area contributed by atoms with Gasteiger partial charge in [0.15, 0.2) is 11.5 Å². The van der Waals surface area contributed by atoms with E-state index in [1.807, 2.05) is 30.4 Å². The number of Topliss-reactive ketones (excluding diaryl/α,β-unsaturated/α-hetero) is 1. The number of likely N-dealkylation sites (tertiary alicyclic amines) is 1. The fraction of sp³-hybridized carbons (Fsp3) is 0.478. The molecule has 2 aliphatic heterocycles. The van der Waals surface area contributed by atoms with Crippen molar-refractivity contribution in [2.75, 3.05) is 32.8 Å². The lowest BCUT2D eigenvalue weighted by Crippen LogP contribution is -2.47. The zero-order valence-electron chi connectivity index (χ0n) is 16.7. The summed E-state index contributed by atoms with van der Waals surface area (Å²) < 4.78 is 11.3. The van der Waals surface area contributed by atoms with Crippen LogP contribution in [0.25, 0.3) is 0 Å². The summed E-state index contributed by atoms with van der Waals surface area (Å²) in [7, 11) is 0. The molecule has 1 aromatic rings. The molecule has 2 heterocycles. The van der Waals surface area contributed by atoms with E-state index in [4.69, 9.17) is 9.47 Å². The van der Waals surface area contributed by atoms with Crippen LogP contribution in [-0.4, -0.2) is 55.5 Å². The third kappa shape index (κ3) is 5.07. The zero-order chi connectivity index (χ0) is 20.1. The summed E-state index contributed by atoms with van der Waals surface area (Å²) in [5.41, 5.74) is 1.65. The number of allylic oxidation sites excluding steroid dienone is 3. The van der Waals surface area contributed by atoms with Gasteiger partial charge < -0.3 is 19.7 Å². The van der Waals surface area contributed by atoms with E-state index >= 15 is 0 Å². The van der Waals surface area contributed by atoms with Crippen LogP contribution in [0.3, 0.4) is 0 Å². The summed E-state index contributed by atoms with van der Waals surface area (Å²) in [5, 5.41) is 3.00. The van der Waals surface area contributed by atoms with Gasteiger partial charge >= 0.3 is 0 Å². The van der Waals surface area contributed by atoms with Crippen LogP contribution in [0.1, 0.15) is 31.2 Å². The molecule has 154 valence electrons. The lowest BCUT2D eigenvalue weighted by atomic mass is 9.99. The normalized spacial score (nSPS) is 19.5. The van der Waals surface area contributed by atoms with Crippen LogP contribution in [0.15, 0.2) is 42.0 Å². The van der Waals surface area contributed by atoms with E-state index in [9.17, 15) is 9.59 Å². The molecule has 4 rings (SSSR count). The van der Waals surface area contributed by atoms with Crippen LogP contribution in [0, 0.1) is 0 Å². The Morgan fingerprint density at radius 3 is 2.66 bits per heavy atom. The number of carbonyl (C=O) groups is 2. The van der Waals surface area contributed by atoms with Crippen molar-refractivity contribution in [2.24, 2.45) is 0 Å². The van der Waals surface area contributed by atoms with Gasteiger partial charge in [-0.15, -0.1) is 0 Å². The number of rotatable bonds is 7. The van der Waals surface area contributed by atoms with Crippen molar-refractivity contribution in [2.45, 2.75) is 38.1 Å². The van der Waals surface area contributed by atoms with Crippen LogP contribution < -0.4 is 14.8 Å². The first-order valence-electron chi connectivity index (χ1n) is 10.5. The first-order valence-corrected chi connectivity index (χ1v) is 10.5. The summed E-state index contributed by atoms with van der Waals surface area (Å²) in [5.74, 6) is 0.582. The van der Waals surface area contributed by atoms with Crippen molar-refractivity contribution in [1.29, 1.82) is 0 Å². The van der Waals surface area contributed by atoms with E-state index < -0.39 is 11.7 Å². The fourth-order valence-corrected chi connectivity index (χ4v) is 4.13. The Kier molecular flexibility index (Phi) is 6.30. The topological polar surface area (TPSA) is 67.9 Å². The highest BCUT2D eigenvalue weighted by Crippen LogP contribution is 2.31. The SMILES string of the molecule is O=C(NC(Cc1ccc2c(c1)OCCO2)CN1CCCC1)C(=O)C1=CC=CCC1. The molecule has 1 amide bonds. The van der Waals surface area contributed by atoms with Gasteiger partial charge in [0.25, 0.3) is 5.91 Å². The molecular formula is C23H28N2O4. The smallest absolute Gasteiger partial charge is 0.292 e. The van der Waals surface area contributed by atoms with Gasteiger partial charge in [-0.3, -0.25) is 9.59 Å². The van der Waals surface area contributed by atoms with Crippen molar-refractivity contribution >= 4 is 11.7 Å². The monoisotopic (exact) mass is 396 g/mol. The van der Waals surface area contributed by atoms with E-state index in [2.05, 4.69) is 10.2 Å². The quantitative estimate of drug-likeness (QED) is 0.717. The maximum Gasteiger partial charge on any atom is 0.292 e. The Morgan fingerprint density at radius 2 is 1.90 bits per heavy atom. The molecule has 1 atom stereocenters. The standard InChI is InChI=1S/C23H28N2O4/c26-22(18-6-2-1-3-7-18)23(27)24-19(16-25-10-4-5-11-25)14-17-8-9-20-21(15-17)29-13-12-28-20/h1-2,6,8-9,15,19H,3-5,7,10-14,16H2,(H,24,27). The number of nitrogens with one attached hydrogen (secondary N) is 1. The molecule has 1 aromatic carbocycles. The number of benzene rings is 1. The lowest BCUT2D eigenvalue weighted by Gasteiger charge is -2.25. The third-order valence-corrected chi connectivity index (χ3v) is 5.61. The predicted molar refractivity (Wildman–Crippen MR) is 110 cm³/mol. The van der Waals surface area contributed by atoms with Crippen molar-refractivity contribution < 1.29 is 19.1 Å². The van der Waals surface area contributed by atoms with Gasteiger partial charge in [0.05, 0.1) is 0 Å². The molecule has 0 spiro atoms. The number of hydrogen-bond donors (Lipinski definition) is 1. The molecule has 1 N–H and O–H groups in total. The third-order valence-electron chi connectivity index (χ3n) is 5.61. The zero-order valence-corrected chi connectivity index (χ0v) is 16.7. The predicted octanol–water partition coefficient (Wildman–Crippen LogP) is 2.43. The molecule has 0 aromatic heterocycles. The highest BCUT2D eigenvalue weighted by molar-refractivity contribution is 6.42. The Balaban J connectivity index is 1.45. The van der Waals surface area contributed by atoms with Crippen molar-refractivity contribution in [3.8, 4) is 11.5 Å². The number of carbonyl (C=O) groups excluding carboxylic acids is 2. The van der Waals surface area contributed by atoms with Crippen LogP contribution in [0.4, 0.5) is 0 Å². The second-order valence-electron chi connectivity index (χ2n) is 7.85. The minimum atomic E-state index is -0.506. The maximum absolute atomic E-state index is 12.7. The number of hydrogen-bond acceptors (Lipinski definition) is 5. The molecule has 0 saturated carbocycles. The van der Waals surface area contributed by atoms with Gasteiger partial charge in [0.1, 0.15) is 13.2 Å². The Bertz CT molecular complexity index is 824. The molecule has 3 aliphatic rings. The van der Waals surface area contributed by atoms with Crippen molar-refractivity contribution in [3.63, 3.8) is 0 Å². The Morgan fingerprint density at radius 1 is 1.10 bits per heavy atom. The fourth-order valence-electron chi connectivity index (χ4n) is 4.13. The summed E-state index contributed by atoms with van der Waals surface area (Å²) in [4.78, 5) is 27.6. The average Bonchev–Trinajstić information content (AvgIpc) is 3.26. The highest BCUT2D eigenvalue weighted by atomic mass is 16.6. The molecule has 0 radical (unpaired) electrons. The van der Waals surface area contributed by atoms with E-state index in [0.29, 0.717) is 31.6 Å².